The summed E-state index contributed by atoms with van der Waals surface area (Å²) in [5, 5.41) is 30.9. The maximum absolute atomic E-state index is 11.7. The lowest BCUT2D eigenvalue weighted by molar-refractivity contribution is -0.184. The summed E-state index contributed by atoms with van der Waals surface area (Å²) in [4.78, 5) is 22.2. The van der Waals surface area contributed by atoms with Gasteiger partial charge in [-0.3, -0.25) is 20.1 Å². The van der Waals surface area contributed by atoms with E-state index in [2.05, 4.69) is 6.92 Å². The van der Waals surface area contributed by atoms with E-state index >= 15 is 0 Å². The molecule has 1 aliphatic carbocycles. The van der Waals surface area contributed by atoms with Crippen molar-refractivity contribution in [2.75, 3.05) is 6.61 Å². The first-order valence-electron chi connectivity index (χ1n) is 9.29. The average molecular weight is 376 g/mol. The van der Waals surface area contributed by atoms with E-state index in [0.717, 1.165) is 25.7 Å². The van der Waals surface area contributed by atoms with Crippen molar-refractivity contribution in [3.63, 3.8) is 0 Å². The molecule has 152 valence electrons. The third-order valence-corrected chi connectivity index (χ3v) is 5.71. The van der Waals surface area contributed by atoms with Crippen LogP contribution < -0.4 is 0 Å². The fourth-order valence-electron chi connectivity index (χ4n) is 4.19. The van der Waals surface area contributed by atoms with E-state index in [1.807, 2.05) is 6.92 Å². The van der Waals surface area contributed by atoms with Crippen LogP contribution in [0, 0.1) is 23.7 Å². The molecule has 1 heterocycles. The van der Waals surface area contributed by atoms with Crippen LogP contribution in [0.25, 0.3) is 0 Å². The van der Waals surface area contributed by atoms with Crippen molar-refractivity contribution in [3.8, 4) is 0 Å². The number of rotatable bonds is 6. The summed E-state index contributed by atoms with van der Waals surface area (Å²) in [5.41, 5.74) is 0. The van der Waals surface area contributed by atoms with Crippen LogP contribution in [-0.2, 0) is 19.1 Å². The first-order chi connectivity index (χ1) is 12.4. The van der Waals surface area contributed by atoms with Gasteiger partial charge < -0.3 is 19.7 Å². The van der Waals surface area contributed by atoms with Crippen molar-refractivity contribution in [1.29, 1.82) is 0 Å². The Morgan fingerprint density at radius 3 is 2.50 bits per heavy atom. The molecule has 1 aliphatic heterocycles. The number of esters is 1. The van der Waals surface area contributed by atoms with Crippen molar-refractivity contribution >= 4 is 11.9 Å². The van der Waals surface area contributed by atoms with Gasteiger partial charge in [0.25, 0.3) is 0 Å². The van der Waals surface area contributed by atoms with Crippen molar-refractivity contribution in [2.45, 2.75) is 71.2 Å². The average Bonchev–Trinajstić information content (AvgIpc) is 2.82. The second-order valence-electron chi connectivity index (χ2n) is 7.37. The van der Waals surface area contributed by atoms with Crippen molar-refractivity contribution in [2.24, 2.45) is 23.7 Å². The van der Waals surface area contributed by atoms with Crippen LogP contribution in [0.2, 0.25) is 0 Å². The minimum absolute atomic E-state index is 0.177. The van der Waals surface area contributed by atoms with Crippen LogP contribution in [0.3, 0.4) is 0 Å². The molecule has 2 aliphatic rings. The standard InChI is InChI=1S/C18H30O6.H2O2/c1-11-6-7-13-4-3-5-14(15(13)10-23-11)12(2)18(22)24-17(21)9-8-16(19)20;1-2/h11-15,18,22H,3-10H2,1-2H3,(H,19,20);1-2H. The van der Waals surface area contributed by atoms with Gasteiger partial charge in [-0.15, -0.1) is 0 Å². The topological polar surface area (TPSA) is 134 Å². The molecule has 8 nitrogen and oxygen atoms in total. The van der Waals surface area contributed by atoms with Crippen LogP contribution in [0.4, 0.5) is 0 Å². The fraction of sp³-hybridized carbons (Fsp3) is 0.889. The Bertz CT molecular complexity index is 441. The maximum Gasteiger partial charge on any atom is 0.308 e. The first-order valence-corrected chi connectivity index (χ1v) is 9.29. The molecule has 8 heteroatoms. The fourth-order valence-corrected chi connectivity index (χ4v) is 4.19. The molecule has 1 saturated heterocycles. The SMILES string of the molecule is CC1CCC2CCCC(C(C)C(O)OC(=O)CCC(=O)O)C2CO1.OO. The summed E-state index contributed by atoms with van der Waals surface area (Å²) < 4.78 is 11.0. The smallest absolute Gasteiger partial charge is 0.308 e. The van der Waals surface area contributed by atoms with Crippen molar-refractivity contribution < 1.29 is 39.8 Å². The Morgan fingerprint density at radius 2 is 1.85 bits per heavy atom. The van der Waals surface area contributed by atoms with Crippen molar-refractivity contribution in [3.05, 3.63) is 0 Å². The van der Waals surface area contributed by atoms with Crippen LogP contribution in [-0.4, -0.2) is 51.7 Å². The van der Waals surface area contributed by atoms with Gasteiger partial charge in [-0.2, -0.15) is 0 Å². The molecular formula is C18H32O8. The predicted octanol–water partition coefficient (Wildman–Crippen LogP) is 2.60. The zero-order valence-electron chi connectivity index (χ0n) is 15.5. The molecule has 0 amide bonds. The molecular weight excluding hydrogens is 344 g/mol. The number of aliphatic hydroxyl groups is 1. The van der Waals surface area contributed by atoms with Gasteiger partial charge >= 0.3 is 11.9 Å². The molecule has 6 atom stereocenters. The lowest BCUT2D eigenvalue weighted by atomic mass is 9.66. The van der Waals surface area contributed by atoms with Crippen LogP contribution in [0.15, 0.2) is 0 Å². The minimum atomic E-state index is -1.18. The van der Waals surface area contributed by atoms with E-state index in [1.165, 1.54) is 6.42 Å². The molecule has 0 bridgehead atoms. The first kappa shape index (κ1) is 22.8. The third kappa shape index (κ3) is 6.83. The summed E-state index contributed by atoms with van der Waals surface area (Å²) >= 11 is 0. The summed E-state index contributed by atoms with van der Waals surface area (Å²) in [5.74, 6) is -0.610. The number of carbonyl (C=O) groups excluding carboxylic acids is 1. The van der Waals surface area contributed by atoms with E-state index in [-0.39, 0.29) is 30.8 Å². The van der Waals surface area contributed by atoms with Gasteiger partial charge in [-0.25, -0.2) is 0 Å². The van der Waals surface area contributed by atoms with Crippen LogP contribution >= 0.6 is 0 Å². The number of fused-ring (bicyclic) bond motifs is 1. The number of ether oxygens (including phenoxy) is 2. The minimum Gasteiger partial charge on any atom is -0.481 e. The molecule has 26 heavy (non-hydrogen) atoms. The van der Waals surface area contributed by atoms with E-state index in [4.69, 9.17) is 25.1 Å². The summed E-state index contributed by atoms with van der Waals surface area (Å²) in [6, 6.07) is 0. The molecule has 4 N–H and O–H groups in total. The highest BCUT2D eigenvalue weighted by Crippen LogP contribution is 2.44. The molecule has 6 unspecified atom stereocenters. The Hall–Kier alpha value is -1.22. The van der Waals surface area contributed by atoms with E-state index in [0.29, 0.717) is 18.4 Å². The van der Waals surface area contributed by atoms with Gasteiger partial charge in [0.2, 0.25) is 6.29 Å². The monoisotopic (exact) mass is 376 g/mol. The molecule has 0 aromatic rings. The highest BCUT2D eigenvalue weighted by molar-refractivity contribution is 5.76. The van der Waals surface area contributed by atoms with Crippen LogP contribution in [0.5, 0.6) is 0 Å². The maximum atomic E-state index is 11.7. The third-order valence-electron chi connectivity index (χ3n) is 5.71. The molecule has 0 radical (unpaired) electrons. The van der Waals surface area contributed by atoms with E-state index in [1.54, 1.807) is 0 Å². The normalized spacial score (nSPS) is 30.7. The molecule has 1 saturated carbocycles. The zero-order valence-corrected chi connectivity index (χ0v) is 15.5. The Morgan fingerprint density at radius 1 is 1.15 bits per heavy atom. The number of carboxylic acids is 1. The van der Waals surface area contributed by atoms with Crippen LogP contribution in [0.1, 0.15) is 58.8 Å². The van der Waals surface area contributed by atoms with E-state index in [9.17, 15) is 14.7 Å². The second-order valence-corrected chi connectivity index (χ2v) is 7.37. The summed E-state index contributed by atoms with van der Waals surface area (Å²) in [7, 11) is 0. The van der Waals surface area contributed by atoms with Gasteiger partial charge in [0, 0.05) is 5.92 Å². The van der Waals surface area contributed by atoms with Gasteiger partial charge in [-0.1, -0.05) is 19.8 Å². The van der Waals surface area contributed by atoms with Gasteiger partial charge in [0.15, 0.2) is 0 Å². The Labute approximate surface area is 154 Å². The summed E-state index contributed by atoms with van der Waals surface area (Å²) in [6.07, 6.45) is 4.18. The highest BCUT2D eigenvalue weighted by atomic mass is 17.0. The molecule has 2 fully saturated rings. The zero-order chi connectivity index (χ0) is 19.7. The lowest BCUT2D eigenvalue weighted by Gasteiger charge is -2.41. The van der Waals surface area contributed by atoms with Gasteiger partial charge in [0.1, 0.15) is 0 Å². The second kappa shape index (κ2) is 11.5. The quantitative estimate of drug-likeness (QED) is 0.241. The molecule has 2 rings (SSSR count). The van der Waals surface area contributed by atoms with Gasteiger partial charge in [-0.05, 0) is 43.9 Å². The number of aliphatic hydroxyl groups excluding tert-OH is 1. The largest absolute Gasteiger partial charge is 0.481 e. The number of carbonyl (C=O) groups is 2. The molecule has 0 aromatic heterocycles. The number of carboxylic acid groups (broad SMARTS) is 1. The van der Waals surface area contributed by atoms with Crippen molar-refractivity contribution in [1.82, 2.24) is 0 Å². The highest BCUT2D eigenvalue weighted by Gasteiger charge is 2.40. The Balaban J connectivity index is 0.00000163. The summed E-state index contributed by atoms with van der Waals surface area (Å²) in [6.45, 7) is 4.73. The number of aliphatic carboxylic acids is 1. The molecule has 0 aromatic carbocycles. The Kier molecular flexibility index (Phi) is 10.1. The van der Waals surface area contributed by atoms with Gasteiger partial charge in [0.05, 0.1) is 25.6 Å². The number of hydrogen-bond donors (Lipinski definition) is 4. The molecule has 0 spiro atoms. The lowest BCUT2D eigenvalue weighted by Crippen LogP contribution is -2.40. The van der Waals surface area contributed by atoms with E-state index < -0.39 is 18.2 Å². The predicted molar refractivity (Wildman–Crippen MR) is 92.4 cm³/mol. The number of hydrogen-bond acceptors (Lipinski definition) is 7.